The molecule has 3 aliphatic carbocycles. The quantitative estimate of drug-likeness (QED) is 0.424. The van der Waals surface area contributed by atoms with Gasteiger partial charge in [0, 0.05) is 18.8 Å². The van der Waals surface area contributed by atoms with Gasteiger partial charge in [-0.25, -0.2) is 4.57 Å². The maximum absolute atomic E-state index is 2.98. The summed E-state index contributed by atoms with van der Waals surface area (Å²) in [7, 11) is 0. The molecule has 33 heavy (non-hydrogen) atoms. The van der Waals surface area contributed by atoms with Gasteiger partial charge in [0.25, 0.3) is 5.82 Å². The molecule has 1 aromatic carbocycles. The van der Waals surface area contributed by atoms with Gasteiger partial charge >= 0.3 is 0 Å². The van der Waals surface area contributed by atoms with E-state index in [4.69, 9.17) is 0 Å². The predicted molar refractivity (Wildman–Crippen MR) is 137 cm³/mol. The molecule has 0 saturated heterocycles. The molecule has 1 atom stereocenters. The van der Waals surface area contributed by atoms with E-state index in [1.54, 1.807) is 5.82 Å². The molecular formula is C31H43N2+. The highest BCUT2D eigenvalue weighted by molar-refractivity contribution is 5.54. The third kappa shape index (κ3) is 3.38. The Labute approximate surface area is 201 Å². The van der Waals surface area contributed by atoms with Crippen molar-refractivity contribution in [3.8, 4) is 5.69 Å². The number of rotatable bonds is 4. The number of hydrogen-bond donors (Lipinski definition) is 0. The van der Waals surface area contributed by atoms with Gasteiger partial charge in [0.1, 0.15) is 11.2 Å². The van der Waals surface area contributed by atoms with E-state index in [2.05, 4.69) is 59.4 Å². The van der Waals surface area contributed by atoms with Crippen LogP contribution < -0.4 is 4.57 Å². The molecule has 0 amide bonds. The molecule has 0 bridgehead atoms. The lowest BCUT2D eigenvalue weighted by atomic mass is 9.67. The largest absolute Gasteiger partial charge is 0.266 e. The first-order chi connectivity index (χ1) is 16.2. The van der Waals surface area contributed by atoms with E-state index in [0.717, 1.165) is 11.8 Å². The van der Waals surface area contributed by atoms with Crippen LogP contribution in [0.2, 0.25) is 0 Å². The summed E-state index contributed by atoms with van der Waals surface area (Å²) in [5.41, 5.74) is 6.03. The number of allylic oxidation sites excluding steroid dienone is 1. The molecule has 2 heteroatoms. The zero-order chi connectivity index (χ0) is 22.4. The van der Waals surface area contributed by atoms with Crippen molar-refractivity contribution >= 4 is 6.08 Å². The Balaban J connectivity index is 1.61. The highest BCUT2D eigenvalue weighted by Crippen LogP contribution is 2.50. The Morgan fingerprint density at radius 3 is 1.97 bits per heavy atom. The smallest absolute Gasteiger partial charge is 0.217 e. The standard InChI is InChI=1S/C31H43N2/c1-23-13-9-12-20-28(23)32-24(2)29-21-22-31(27-18-10-11-19-27,26-16-7-4-8-17-26)33(29)30(32)25-14-5-3-6-15-25/h9,12-13,20-22,25-27H,3-8,10-11,14-19H2,1-2H3/q+1. The lowest BCUT2D eigenvalue weighted by Gasteiger charge is -2.42. The molecule has 1 aliphatic heterocycles. The van der Waals surface area contributed by atoms with Crippen molar-refractivity contribution < 1.29 is 4.57 Å². The highest BCUT2D eigenvalue weighted by atomic mass is 15.2. The lowest BCUT2D eigenvalue weighted by molar-refractivity contribution is -0.773. The summed E-state index contributed by atoms with van der Waals surface area (Å²) < 4.78 is 5.70. The van der Waals surface area contributed by atoms with Gasteiger partial charge in [0.05, 0.1) is 5.92 Å². The fourth-order valence-electron chi connectivity index (χ4n) is 8.33. The van der Waals surface area contributed by atoms with Crippen LogP contribution in [0, 0.1) is 25.7 Å². The number of aromatic nitrogens is 2. The Hall–Kier alpha value is -1.83. The lowest BCUT2D eigenvalue weighted by Crippen LogP contribution is -2.64. The summed E-state index contributed by atoms with van der Waals surface area (Å²) in [5, 5.41) is 0. The second-order valence-electron chi connectivity index (χ2n) is 11.7. The molecule has 2 nitrogen and oxygen atoms in total. The third-order valence-corrected chi connectivity index (χ3v) is 9.90. The highest BCUT2D eigenvalue weighted by Gasteiger charge is 2.56. The molecule has 0 spiro atoms. The molecular weight excluding hydrogens is 400 g/mol. The summed E-state index contributed by atoms with van der Waals surface area (Å²) in [5.74, 6) is 3.97. The van der Waals surface area contributed by atoms with E-state index >= 15 is 0 Å². The molecule has 2 aromatic rings. The van der Waals surface area contributed by atoms with Crippen LogP contribution in [0.15, 0.2) is 30.3 Å². The average Bonchev–Trinajstić information content (AvgIpc) is 3.58. The molecule has 0 N–H and O–H groups in total. The van der Waals surface area contributed by atoms with Crippen molar-refractivity contribution in [1.29, 1.82) is 0 Å². The summed E-state index contributed by atoms with van der Waals surface area (Å²) in [4.78, 5) is 0. The Kier molecular flexibility index (Phi) is 5.75. The van der Waals surface area contributed by atoms with E-state index in [9.17, 15) is 0 Å². The number of nitrogens with zero attached hydrogens (tertiary/aromatic N) is 2. The number of aryl methyl sites for hydroxylation is 1. The predicted octanol–water partition coefficient (Wildman–Crippen LogP) is 7.92. The minimum absolute atomic E-state index is 0.220. The third-order valence-electron chi connectivity index (χ3n) is 9.90. The minimum Gasteiger partial charge on any atom is -0.217 e. The number of imidazole rings is 1. The molecule has 1 aromatic heterocycles. The van der Waals surface area contributed by atoms with E-state index in [0.29, 0.717) is 5.92 Å². The Morgan fingerprint density at radius 2 is 1.33 bits per heavy atom. The van der Waals surface area contributed by atoms with Crippen LogP contribution in [0.5, 0.6) is 0 Å². The number of benzene rings is 1. The van der Waals surface area contributed by atoms with E-state index in [1.807, 2.05) is 0 Å². The van der Waals surface area contributed by atoms with Crippen LogP contribution in [0.25, 0.3) is 11.8 Å². The molecule has 3 fully saturated rings. The molecule has 6 rings (SSSR count). The first-order valence-corrected chi connectivity index (χ1v) is 14.1. The van der Waals surface area contributed by atoms with Crippen molar-refractivity contribution in [2.75, 3.05) is 0 Å². The maximum Gasteiger partial charge on any atom is 0.266 e. The summed E-state index contributed by atoms with van der Waals surface area (Å²) in [6, 6.07) is 9.11. The van der Waals surface area contributed by atoms with Gasteiger partial charge in [-0.15, -0.1) is 0 Å². The first kappa shape index (κ1) is 21.7. The zero-order valence-corrected chi connectivity index (χ0v) is 21.0. The average molecular weight is 444 g/mol. The van der Waals surface area contributed by atoms with Crippen LogP contribution in [-0.4, -0.2) is 4.57 Å². The summed E-state index contributed by atoms with van der Waals surface area (Å²) in [6.45, 7) is 4.71. The SMILES string of the molecule is Cc1ccccc1-n1c(C)c2[n+](c1C1CCCCC1)C(C1CCCCC1)(C1CCCC1)C=C2. The topological polar surface area (TPSA) is 8.81 Å². The van der Waals surface area contributed by atoms with E-state index in [-0.39, 0.29) is 5.54 Å². The van der Waals surface area contributed by atoms with Crippen LogP contribution >= 0.6 is 0 Å². The van der Waals surface area contributed by atoms with E-state index in [1.165, 1.54) is 113 Å². The molecule has 2 heterocycles. The van der Waals surface area contributed by atoms with Crippen molar-refractivity contribution in [3.63, 3.8) is 0 Å². The fourth-order valence-corrected chi connectivity index (χ4v) is 8.33. The number of para-hydroxylation sites is 1. The van der Waals surface area contributed by atoms with Gasteiger partial charge in [-0.2, -0.15) is 4.57 Å². The minimum atomic E-state index is 0.220. The fraction of sp³-hybridized carbons (Fsp3) is 0.645. The van der Waals surface area contributed by atoms with Gasteiger partial charge in [-0.05, 0) is 69.2 Å². The second kappa shape index (κ2) is 8.75. The Morgan fingerprint density at radius 1 is 0.758 bits per heavy atom. The molecule has 3 saturated carbocycles. The zero-order valence-electron chi connectivity index (χ0n) is 21.0. The maximum atomic E-state index is 2.98. The normalized spacial score (nSPS) is 26.8. The second-order valence-corrected chi connectivity index (χ2v) is 11.7. The van der Waals surface area contributed by atoms with Gasteiger partial charge in [0.15, 0.2) is 11.4 Å². The molecule has 4 aliphatic rings. The van der Waals surface area contributed by atoms with Crippen molar-refractivity contribution in [3.05, 3.63) is 53.1 Å². The van der Waals surface area contributed by atoms with Gasteiger partial charge in [0.2, 0.25) is 0 Å². The summed E-state index contributed by atoms with van der Waals surface area (Å²) in [6.07, 6.45) is 25.1. The van der Waals surface area contributed by atoms with Crippen LogP contribution in [0.3, 0.4) is 0 Å². The van der Waals surface area contributed by atoms with Gasteiger partial charge in [-0.3, -0.25) is 0 Å². The monoisotopic (exact) mass is 443 g/mol. The number of fused-ring (bicyclic) bond motifs is 1. The van der Waals surface area contributed by atoms with Gasteiger partial charge in [-0.1, -0.05) is 69.6 Å². The van der Waals surface area contributed by atoms with Crippen molar-refractivity contribution in [2.45, 2.75) is 115 Å². The molecule has 1 unspecified atom stereocenters. The van der Waals surface area contributed by atoms with E-state index < -0.39 is 0 Å². The van der Waals surface area contributed by atoms with Crippen molar-refractivity contribution in [1.82, 2.24) is 4.57 Å². The van der Waals surface area contributed by atoms with Crippen LogP contribution in [-0.2, 0) is 5.54 Å². The molecule has 176 valence electrons. The summed E-state index contributed by atoms with van der Waals surface area (Å²) >= 11 is 0. The van der Waals surface area contributed by atoms with Crippen LogP contribution in [0.4, 0.5) is 0 Å². The van der Waals surface area contributed by atoms with Crippen molar-refractivity contribution in [2.24, 2.45) is 11.8 Å². The first-order valence-electron chi connectivity index (χ1n) is 14.1. The molecule has 0 radical (unpaired) electrons. The Bertz CT molecular complexity index is 1030. The number of hydrogen-bond acceptors (Lipinski definition) is 0. The van der Waals surface area contributed by atoms with Crippen LogP contribution in [0.1, 0.15) is 119 Å². The van der Waals surface area contributed by atoms with Gasteiger partial charge < -0.3 is 0 Å².